The van der Waals surface area contributed by atoms with Gasteiger partial charge in [0, 0.05) is 31.0 Å². The van der Waals surface area contributed by atoms with Crippen LogP contribution in [0.25, 0.3) is 11.0 Å². The van der Waals surface area contributed by atoms with Gasteiger partial charge in [0.25, 0.3) is 0 Å². The summed E-state index contributed by atoms with van der Waals surface area (Å²) in [5.41, 5.74) is 2.20. The largest absolute Gasteiger partial charge is 0.342 e. The minimum Gasteiger partial charge on any atom is -0.342 e. The van der Waals surface area contributed by atoms with Gasteiger partial charge in [0.15, 0.2) is 5.82 Å². The number of imidazole rings is 1. The molecule has 1 fully saturated rings. The van der Waals surface area contributed by atoms with Crippen molar-refractivity contribution in [2.75, 3.05) is 13.1 Å². The fourth-order valence-corrected chi connectivity index (χ4v) is 4.21. The Labute approximate surface area is 171 Å². The number of aromatic amines is 1. The molecule has 3 heterocycles. The highest BCUT2D eigenvalue weighted by Crippen LogP contribution is 2.31. The summed E-state index contributed by atoms with van der Waals surface area (Å²) in [6.07, 6.45) is 2.32. The molecule has 1 N–H and O–H groups in total. The molecule has 0 bridgehead atoms. The van der Waals surface area contributed by atoms with E-state index in [2.05, 4.69) is 51.8 Å². The van der Waals surface area contributed by atoms with Crippen molar-refractivity contribution in [1.29, 1.82) is 0 Å². The Morgan fingerprint density at radius 1 is 1.21 bits per heavy atom. The SMILES string of the molecule is CC(C)c1n[nH]c(CC(=O)N2CCC[C@H](c3nc4ccccc4n3C(C)C)C2)n1. The lowest BCUT2D eigenvalue weighted by atomic mass is 9.96. The molecule has 0 saturated carbocycles. The second kappa shape index (κ2) is 7.97. The molecule has 0 unspecified atom stereocenters. The molecule has 1 saturated heterocycles. The van der Waals surface area contributed by atoms with Gasteiger partial charge in [0.05, 0.1) is 17.5 Å². The van der Waals surface area contributed by atoms with Gasteiger partial charge >= 0.3 is 0 Å². The molecule has 2 aromatic heterocycles. The zero-order chi connectivity index (χ0) is 20.5. The van der Waals surface area contributed by atoms with Crippen LogP contribution in [0.15, 0.2) is 24.3 Å². The van der Waals surface area contributed by atoms with E-state index in [9.17, 15) is 4.79 Å². The first kappa shape index (κ1) is 19.6. The Kier molecular flexibility index (Phi) is 5.39. The lowest BCUT2D eigenvalue weighted by Gasteiger charge is -2.33. The average molecular weight is 395 g/mol. The number of fused-ring (bicyclic) bond motifs is 1. The molecule has 1 atom stereocenters. The van der Waals surface area contributed by atoms with Crippen molar-refractivity contribution in [3.63, 3.8) is 0 Å². The summed E-state index contributed by atoms with van der Waals surface area (Å²) < 4.78 is 2.33. The minimum absolute atomic E-state index is 0.105. The number of hydrogen-bond donors (Lipinski definition) is 1. The molecule has 0 aliphatic carbocycles. The van der Waals surface area contributed by atoms with E-state index in [0.29, 0.717) is 18.4 Å². The summed E-state index contributed by atoms with van der Waals surface area (Å²) in [4.78, 5) is 24.3. The smallest absolute Gasteiger partial charge is 0.230 e. The number of para-hydroxylation sites is 2. The molecule has 4 rings (SSSR count). The van der Waals surface area contributed by atoms with Gasteiger partial charge in [0.2, 0.25) is 5.91 Å². The Bertz CT molecular complexity index is 1000. The van der Waals surface area contributed by atoms with E-state index in [4.69, 9.17) is 4.98 Å². The molecule has 0 spiro atoms. The number of rotatable bonds is 5. The summed E-state index contributed by atoms with van der Waals surface area (Å²) in [7, 11) is 0. The summed E-state index contributed by atoms with van der Waals surface area (Å²) in [5, 5.41) is 7.13. The van der Waals surface area contributed by atoms with E-state index in [1.165, 1.54) is 5.52 Å². The Morgan fingerprint density at radius 3 is 2.72 bits per heavy atom. The number of piperidine rings is 1. The van der Waals surface area contributed by atoms with Crippen molar-refractivity contribution in [3.05, 3.63) is 41.7 Å². The number of H-pyrrole nitrogens is 1. The highest BCUT2D eigenvalue weighted by molar-refractivity contribution is 5.78. The summed E-state index contributed by atoms with van der Waals surface area (Å²) in [6.45, 7) is 9.98. The van der Waals surface area contributed by atoms with E-state index in [0.717, 1.165) is 36.6 Å². The highest BCUT2D eigenvalue weighted by Gasteiger charge is 2.29. The van der Waals surface area contributed by atoms with Gasteiger partial charge in [-0.15, -0.1) is 0 Å². The number of carbonyl (C=O) groups is 1. The second-order valence-electron chi connectivity index (χ2n) is 8.57. The van der Waals surface area contributed by atoms with Crippen LogP contribution in [0.2, 0.25) is 0 Å². The van der Waals surface area contributed by atoms with Gasteiger partial charge in [-0.1, -0.05) is 26.0 Å². The van der Waals surface area contributed by atoms with Gasteiger partial charge in [0.1, 0.15) is 11.6 Å². The van der Waals surface area contributed by atoms with Crippen molar-refractivity contribution < 1.29 is 4.79 Å². The van der Waals surface area contributed by atoms with Gasteiger partial charge in [-0.3, -0.25) is 9.89 Å². The number of likely N-dealkylation sites (tertiary alicyclic amines) is 1. The van der Waals surface area contributed by atoms with Crippen LogP contribution in [-0.4, -0.2) is 48.6 Å². The quantitative estimate of drug-likeness (QED) is 0.714. The van der Waals surface area contributed by atoms with Crippen LogP contribution in [-0.2, 0) is 11.2 Å². The number of hydrogen-bond acceptors (Lipinski definition) is 4. The van der Waals surface area contributed by atoms with Crippen molar-refractivity contribution in [2.24, 2.45) is 0 Å². The zero-order valence-corrected chi connectivity index (χ0v) is 17.7. The molecule has 1 amide bonds. The first-order chi connectivity index (χ1) is 13.9. The summed E-state index contributed by atoms with van der Waals surface area (Å²) >= 11 is 0. The third-order valence-electron chi connectivity index (χ3n) is 5.66. The molecule has 1 aliphatic heterocycles. The topological polar surface area (TPSA) is 79.7 Å². The minimum atomic E-state index is 0.105. The van der Waals surface area contributed by atoms with Crippen molar-refractivity contribution in [1.82, 2.24) is 29.6 Å². The predicted octanol–water partition coefficient (Wildman–Crippen LogP) is 3.81. The fraction of sp³-hybridized carbons (Fsp3) is 0.545. The van der Waals surface area contributed by atoms with Gasteiger partial charge in [-0.05, 0) is 38.8 Å². The molecular formula is C22H30N6O. The average Bonchev–Trinajstić information content (AvgIpc) is 3.32. The lowest BCUT2D eigenvalue weighted by Crippen LogP contribution is -2.40. The van der Waals surface area contributed by atoms with Crippen LogP contribution in [0, 0.1) is 0 Å². The molecule has 154 valence electrons. The van der Waals surface area contributed by atoms with Crippen LogP contribution in [0.4, 0.5) is 0 Å². The maximum atomic E-state index is 12.9. The summed E-state index contributed by atoms with van der Waals surface area (Å²) in [6, 6.07) is 8.62. The normalized spacial score (nSPS) is 17.6. The standard InChI is InChI=1S/C22H30N6O/c1-14(2)21-24-19(25-26-21)12-20(29)27-11-7-8-16(13-27)22-23-17-9-5-6-10-18(17)28(22)15(3)4/h5-6,9-10,14-16H,7-8,11-13H2,1-4H3,(H,24,25,26)/t16-/m0/s1. The van der Waals surface area contributed by atoms with E-state index in [-0.39, 0.29) is 24.2 Å². The van der Waals surface area contributed by atoms with Crippen LogP contribution in [0.1, 0.15) is 75.9 Å². The van der Waals surface area contributed by atoms with Crippen molar-refractivity contribution in [2.45, 2.75) is 64.8 Å². The van der Waals surface area contributed by atoms with Gasteiger partial charge in [-0.2, -0.15) is 5.10 Å². The van der Waals surface area contributed by atoms with Crippen LogP contribution in [0.3, 0.4) is 0 Å². The van der Waals surface area contributed by atoms with Crippen molar-refractivity contribution in [3.8, 4) is 0 Å². The van der Waals surface area contributed by atoms with E-state index in [1.807, 2.05) is 24.8 Å². The number of nitrogens with zero attached hydrogens (tertiary/aromatic N) is 5. The molecule has 0 radical (unpaired) electrons. The molecule has 29 heavy (non-hydrogen) atoms. The Morgan fingerprint density at radius 2 is 2.00 bits per heavy atom. The Balaban J connectivity index is 1.53. The highest BCUT2D eigenvalue weighted by atomic mass is 16.2. The second-order valence-corrected chi connectivity index (χ2v) is 8.57. The molecule has 1 aliphatic rings. The van der Waals surface area contributed by atoms with Crippen molar-refractivity contribution >= 4 is 16.9 Å². The van der Waals surface area contributed by atoms with E-state index in [1.54, 1.807) is 0 Å². The Hall–Kier alpha value is -2.70. The maximum absolute atomic E-state index is 12.9. The van der Waals surface area contributed by atoms with Gasteiger partial charge < -0.3 is 9.47 Å². The molecular weight excluding hydrogens is 364 g/mol. The molecule has 3 aromatic rings. The number of carbonyl (C=O) groups excluding carboxylic acids is 1. The number of amides is 1. The first-order valence-corrected chi connectivity index (χ1v) is 10.6. The monoisotopic (exact) mass is 394 g/mol. The first-order valence-electron chi connectivity index (χ1n) is 10.6. The van der Waals surface area contributed by atoms with Crippen LogP contribution < -0.4 is 0 Å². The number of nitrogens with one attached hydrogen (secondary N) is 1. The maximum Gasteiger partial charge on any atom is 0.230 e. The fourth-order valence-electron chi connectivity index (χ4n) is 4.21. The zero-order valence-electron chi connectivity index (χ0n) is 17.7. The molecule has 7 nitrogen and oxygen atoms in total. The van der Waals surface area contributed by atoms with E-state index < -0.39 is 0 Å². The van der Waals surface area contributed by atoms with Crippen LogP contribution in [0.5, 0.6) is 0 Å². The predicted molar refractivity (Wildman–Crippen MR) is 113 cm³/mol. The lowest BCUT2D eigenvalue weighted by molar-refractivity contribution is -0.131. The molecule has 1 aromatic carbocycles. The third kappa shape index (κ3) is 3.91. The third-order valence-corrected chi connectivity index (χ3v) is 5.66. The van der Waals surface area contributed by atoms with E-state index >= 15 is 0 Å². The molecule has 7 heteroatoms. The number of benzene rings is 1. The van der Waals surface area contributed by atoms with Gasteiger partial charge in [-0.25, -0.2) is 9.97 Å². The summed E-state index contributed by atoms with van der Waals surface area (Å²) in [5.74, 6) is 3.11. The number of aromatic nitrogens is 5. The van der Waals surface area contributed by atoms with Crippen LogP contribution >= 0.6 is 0 Å².